The molecule has 3 saturated carbocycles. The maximum absolute atomic E-state index is 13.2. The van der Waals surface area contributed by atoms with E-state index >= 15 is 0 Å². The lowest BCUT2D eigenvalue weighted by Gasteiger charge is -2.43. The van der Waals surface area contributed by atoms with Crippen molar-refractivity contribution in [1.82, 2.24) is 20.2 Å². The van der Waals surface area contributed by atoms with Crippen LogP contribution in [0.5, 0.6) is 0 Å². The fraction of sp³-hybridized carbons (Fsp3) is 0.926. The lowest BCUT2D eigenvalue weighted by atomic mass is 9.67. The van der Waals surface area contributed by atoms with Crippen molar-refractivity contribution in [2.24, 2.45) is 35.0 Å². The summed E-state index contributed by atoms with van der Waals surface area (Å²) in [5.74, 6) is 4.05. The number of amides is 2. The summed E-state index contributed by atoms with van der Waals surface area (Å²) in [5.41, 5.74) is 3.61. The van der Waals surface area contributed by atoms with Crippen molar-refractivity contribution >= 4 is 11.8 Å². The molecule has 34 heavy (non-hydrogen) atoms. The summed E-state index contributed by atoms with van der Waals surface area (Å²) in [7, 11) is 0. The number of carbonyl (C=O) groups is 2. The van der Waals surface area contributed by atoms with E-state index in [4.69, 9.17) is 4.74 Å². The highest BCUT2D eigenvalue weighted by atomic mass is 16.5. The summed E-state index contributed by atoms with van der Waals surface area (Å²) in [4.78, 5) is 29.9. The third-order valence-electron chi connectivity index (χ3n) is 10.3. The van der Waals surface area contributed by atoms with Crippen LogP contribution in [0.25, 0.3) is 0 Å². The first kappa shape index (κ1) is 23.2. The Morgan fingerprint density at radius 3 is 2.18 bits per heavy atom. The van der Waals surface area contributed by atoms with Crippen LogP contribution in [-0.4, -0.2) is 85.1 Å². The zero-order valence-electron chi connectivity index (χ0n) is 21.1. The standard InChI is InChI=1S/C27H44N4O3/c1-27(8-9-27)26(33)30-12-10-29(11-13-30)25(32)21-4-2-20(3-5-21)22-6-7-23-15-28-31(24(23)14-22)16-19-17-34-18-19/h19-24,28H,2-18H2,1H3. The van der Waals surface area contributed by atoms with Crippen molar-refractivity contribution in [3.05, 3.63) is 0 Å². The Kier molecular flexibility index (Phi) is 6.40. The zero-order chi connectivity index (χ0) is 23.3. The van der Waals surface area contributed by atoms with Crippen molar-refractivity contribution in [3.63, 3.8) is 0 Å². The number of nitrogens with zero attached hydrogens (tertiary/aromatic N) is 3. The first-order chi connectivity index (χ1) is 16.5. The number of nitrogens with one attached hydrogen (secondary N) is 1. The van der Waals surface area contributed by atoms with Gasteiger partial charge in [-0.15, -0.1) is 0 Å². The van der Waals surface area contributed by atoms with Crippen molar-refractivity contribution in [1.29, 1.82) is 0 Å². The fourth-order valence-electron chi connectivity index (χ4n) is 7.52. The van der Waals surface area contributed by atoms with Gasteiger partial charge in [0.1, 0.15) is 0 Å². The van der Waals surface area contributed by atoms with Gasteiger partial charge >= 0.3 is 0 Å². The summed E-state index contributed by atoms with van der Waals surface area (Å²) >= 11 is 0. The van der Waals surface area contributed by atoms with Crippen LogP contribution in [0.15, 0.2) is 0 Å². The summed E-state index contributed by atoms with van der Waals surface area (Å²) in [6, 6.07) is 0.704. The molecule has 3 unspecified atom stereocenters. The Labute approximate surface area is 204 Å². The summed E-state index contributed by atoms with van der Waals surface area (Å²) in [5, 5.41) is 2.56. The minimum absolute atomic E-state index is 0.0963. The van der Waals surface area contributed by atoms with Gasteiger partial charge in [-0.25, -0.2) is 5.01 Å². The second-order valence-corrected chi connectivity index (χ2v) is 12.6. The minimum atomic E-state index is -0.0963. The maximum atomic E-state index is 13.2. The number of ether oxygens (including phenoxy) is 1. The number of rotatable bonds is 5. The van der Waals surface area contributed by atoms with E-state index in [1.807, 2.05) is 4.90 Å². The van der Waals surface area contributed by atoms with Gasteiger partial charge in [0.25, 0.3) is 0 Å². The molecule has 2 amide bonds. The highest BCUT2D eigenvalue weighted by Gasteiger charge is 2.48. The molecule has 6 fully saturated rings. The molecular formula is C27H44N4O3. The molecule has 0 radical (unpaired) electrons. The van der Waals surface area contributed by atoms with Crippen LogP contribution >= 0.6 is 0 Å². The van der Waals surface area contributed by atoms with Gasteiger partial charge in [0.05, 0.1) is 13.2 Å². The van der Waals surface area contributed by atoms with Crippen molar-refractivity contribution in [2.45, 2.75) is 70.8 Å². The Morgan fingerprint density at radius 2 is 1.53 bits per heavy atom. The maximum Gasteiger partial charge on any atom is 0.228 e. The highest BCUT2D eigenvalue weighted by molar-refractivity contribution is 5.85. The Hall–Kier alpha value is -1.18. The van der Waals surface area contributed by atoms with E-state index in [1.165, 1.54) is 32.1 Å². The largest absolute Gasteiger partial charge is 0.381 e. The summed E-state index contributed by atoms with van der Waals surface area (Å²) in [6.45, 7) is 9.14. The smallest absolute Gasteiger partial charge is 0.228 e. The van der Waals surface area contributed by atoms with Gasteiger partial charge in [0, 0.05) is 62.6 Å². The molecule has 3 heterocycles. The molecule has 6 rings (SSSR count). The van der Waals surface area contributed by atoms with Crippen molar-refractivity contribution in [3.8, 4) is 0 Å². The number of fused-ring (bicyclic) bond motifs is 1. The molecule has 1 N–H and O–H groups in total. The molecule has 3 aliphatic heterocycles. The van der Waals surface area contributed by atoms with Gasteiger partial charge in [-0.3, -0.25) is 15.0 Å². The molecule has 7 nitrogen and oxygen atoms in total. The number of carbonyl (C=O) groups excluding carboxylic acids is 2. The SMILES string of the molecule is CC1(C(=O)N2CCN(C(=O)C3CCC(C4CCC5CNN(CC6COC6)C5C4)CC3)CC2)CC1. The van der Waals surface area contributed by atoms with E-state index in [1.54, 1.807) is 0 Å². The highest BCUT2D eigenvalue weighted by Crippen LogP contribution is 2.47. The van der Waals surface area contributed by atoms with Gasteiger partial charge in [-0.2, -0.15) is 0 Å². The molecule has 0 aromatic heterocycles. The van der Waals surface area contributed by atoms with Gasteiger partial charge in [-0.05, 0) is 75.5 Å². The summed E-state index contributed by atoms with van der Waals surface area (Å²) in [6.07, 6.45) is 10.7. The second kappa shape index (κ2) is 9.36. The molecule has 0 spiro atoms. The first-order valence-corrected chi connectivity index (χ1v) is 14.2. The number of hydrogen-bond donors (Lipinski definition) is 1. The van der Waals surface area contributed by atoms with Gasteiger partial charge in [-0.1, -0.05) is 6.92 Å². The predicted molar refractivity (Wildman–Crippen MR) is 130 cm³/mol. The quantitative estimate of drug-likeness (QED) is 0.666. The Morgan fingerprint density at radius 1 is 0.882 bits per heavy atom. The third-order valence-corrected chi connectivity index (χ3v) is 10.3. The van der Waals surface area contributed by atoms with E-state index < -0.39 is 0 Å². The molecule has 3 saturated heterocycles. The Bertz CT molecular complexity index is 766. The Balaban J connectivity index is 0.960. The predicted octanol–water partition coefficient (Wildman–Crippen LogP) is 2.52. The lowest BCUT2D eigenvalue weighted by Crippen LogP contribution is -2.53. The number of piperazine rings is 1. The average Bonchev–Trinajstić information content (AvgIpc) is 3.48. The van der Waals surface area contributed by atoms with Crippen LogP contribution in [0.1, 0.15) is 64.7 Å². The normalized spacial score (nSPS) is 38.3. The van der Waals surface area contributed by atoms with Gasteiger partial charge in [0.2, 0.25) is 11.8 Å². The van der Waals surface area contributed by atoms with Gasteiger partial charge < -0.3 is 14.5 Å². The van der Waals surface area contributed by atoms with E-state index in [-0.39, 0.29) is 11.3 Å². The van der Waals surface area contributed by atoms with E-state index in [0.717, 1.165) is 95.9 Å². The molecule has 3 atom stereocenters. The topological polar surface area (TPSA) is 65.1 Å². The molecular weight excluding hydrogens is 428 g/mol. The van der Waals surface area contributed by atoms with E-state index in [0.29, 0.717) is 23.8 Å². The van der Waals surface area contributed by atoms with Crippen molar-refractivity contribution < 1.29 is 14.3 Å². The molecule has 0 bridgehead atoms. The molecule has 0 aromatic rings. The van der Waals surface area contributed by atoms with Crippen LogP contribution in [0.4, 0.5) is 0 Å². The molecule has 7 heteroatoms. The number of hydrogen-bond acceptors (Lipinski definition) is 5. The van der Waals surface area contributed by atoms with E-state index in [9.17, 15) is 9.59 Å². The van der Waals surface area contributed by atoms with Crippen LogP contribution in [-0.2, 0) is 14.3 Å². The monoisotopic (exact) mass is 472 g/mol. The van der Waals surface area contributed by atoms with Crippen LogP contribution in [0, 0.1) is 35.0 Å². The second-order valence-electron chi connectivity index (χ2n) is 12.6. The van der Waals surface area contributed by atoms with Gasteiger partial charge in [0.15, 0.2) is 0 Å². The zero-order valence-corrected chi connectivity index (χ0v) is 21.1. The summed E-state index contributed by atoms with van der Waals surface area (Å²) < 4.78 is 5.40. The fourth-order valence-corrected chi connectivity index (χ4v) is 7.52. The molecule has 190 valence electrons. The molecule has 6 aliphatic rings. The molecule has 3 aliphatic carbocycles. The minimum Gasteiger partial charge on any atom is -0.381 e. The van der Waals surface area contributed by atoms with Crippen LogP contribution in [0.2, 0.25) is 0 Å². The lowest BCUT2D eigenvalue weighted by molar-refractivity contribution is -0.145. The van der Waals surface area contributed by atoms with E-state index in [2.05, 4.69) is 22.3 Å². The molecule has 0 aromatic carbocycles. The first-order valence-electron chi connectivity index (χ1n) is 14.2. The van der Waals surface area contributed by atoms with Crippen molar-refractivity contribution in [2.75, 3.05) is 52.5 Å². The average molecular weight is 473 g/mol. The third kappa shape index (κ3) is 4.53. The van der Waals surface area contributed by atoms with Crippen LogP contribution < -0.4 is 5.43 Å². The number of hydrazine groups is 1. The van der Waals surface area contributed by atoms with Crippen LogP contribution in [0.3, 0.4) is 0 Å².